The van der Waals surface area contributed by atoms with Crippen LogP contribution in [-0.4, -0.2) is 28.3 Å². The van der Waals surface area contributed by atoms with Crippen LogP contribution in [0.3, 0.4) is 0 Å². The highest BCUT2D eigenvalue weighted by Crippen LogP contribution is 2.23. The molecule has 0 bridgehead atoms. The first-order chi connectivity index (χ1) is 10.5. The molecule has 1 saturated heterocycles. The van der Waals surface area contributed by atoms with E-state index in [1.165, 1.54) is 0 Å². The van der Waals surface area contributed by atoms with E-state index in [0.29, 0.717) is 12.1 Å². The Bertz CT molecular complexity index is 676. The highest BCUT2D eigenvalue weighted by atomic mass is 16.1. The van der Waals surface area contributed by atoms with Crippen LogP contribution >= 0.6 is 0 Å². The van der Waals surface area contributed by atoms with Crippen LogP contribution in [0.15, 0.2) is 24.4 Å². The van der Waals surface area contributed by atoms with Crippen molar-refractivity contribution in [2.24, 2.45) is 5.92 Å². The summed E-state index contributed by atoms with van der Waals surface area (Å²) in [6, 6.07) is 6.70. The number of carbonyl (C=O) groups excluding carboxylic acids is 1. The molecule has 118 valence electrons. The van der Waals surface area contributed by atoms with E-state index in [4.69, 9.17) is 0 Å². The quantitative estimate of drug-likeness (QED) is 0.916. The summed E-state index contributed by atoms with van der Waals surface area (Å²) in [7, 11) is 0. The van der Waals surface area contributed by atoms with E-state index in [0.717, 1.165) is 36.0 Å². The van der Waals surface area contributed by atoms with Gasteiger partial charge in [0.25, 0.3) is 0 Å². The Labute approximate surface area is 131 Å². The maximum absolute atomic E-state index is 12.4. The number of nitrogens with one attached hydrogen (secondary N) is 2. The van der Waals surface area contributed by atoms with Crippen LogP contribution in [0.5, 0.6) is 0 Å². The van der Waals surface area contributed by atoms with Crippen molar-refractivity contribution in [2.75, 3.05) is 11.9 Å². The number of carbonyl (C=O) groups is 1. The van der Waals surface area contributed by atoms with Crippen molar-refractivity contribution in [1.82, 2.24) is 15.1 Å². The third kappa shape index (κ3) is 2.99. The zero-order valence-corrected chi connectivity index (χ0v) is 13.5. The molecule has 1 amide bonds. The highest BCUT2D eigenvalue weighted by Gasteiger charge is 2.24. The Morgan fingerprint density at radius 3 is 3.00 bits per heavy atom. The number of fused-ring (bicyclic) bond motifs is 1. The van der Waals surface area contributed by atoms with Crippen LogP contribution in [-0.2, 0) is 4.79 Å². The Balaban J connectivity index is 1.78. The van der Waals surface area contributed by atoms with E-state index < -0.39 is 0 Å². The molecule has 3 rings (SSSR count). The maximum Gasteiger partial charge on any atom is 0.227 e. The average Bonchev–Trinajstić information content (AvgIpc) is 2.90. The van der Waals surface area contributed by atoms with Gasteiger partial charge in [0.05, 0.1) is 11.7 Å². The molecular formula is C17H24N4O. The molecule has 1 fully saturated rings. The van der Waals surface area contributed by atoms with Crippen LogP contribution in [0, 0.1) is 5.92 Å². The summed E-state index contributed by atoms with van der Waals surface area (Å²) in [5, 5.41) is 12.0. The largest absolute Gasteiger partial charge is 0.326 e. The Hall–Kier alpha value is -1.88. The first kappa shape index (κ1) is 15.0. The molecule has 2 atom stereocenters. The molecule has 1 aliphatic rings. The summed E-state index contributed by atoms with van der Waals surface area (Å²) < 4.78 is 1.98. The van der Waals surface area contributed by atoms with Crippen molar-refractivity contribution in [3.8, 4) is 0 Å². The fraction of sp³-hybridized carbons (Fsp3) is 0.529. The number of benzene rings is 1. The molecule has 1 aliphatic heterocycles. The van der Waals surface area contributed by atoms with E-state index >= 15 is 0 Å². The van der Waals surface area contributed by atoms with Gasteiger partial charge in [-0.3, -0.25) is 9.48 Å². The Morgan fingerprint density at radius 1 is 1.45 bits per heavy atom. The van der Waals surface area contributed by atoms with Gasteiger partial charge in [0.15, 0.2) is 0 Å². The van der Waals surface area contributed by atoms with E-state index in [2.05, 4.69) is 36.5 Å². The molecule has 2 N–H and O–H groups in total. The van der Waals surface area contributed by atoms with Crippen LogP contribution in [0.25, 0.3) is 10.9 Å². The fourth-order valence-corrected chi connectivity index (χ4v) is 3.14. The molecular weight excluding hydrogens is 276 g/mol. The third-order valence-corrected chi connectivity index (χ3v) is 4.35. The minimum Gasteiger partial charge on any atom is -0.326 e. The molecule has 0 unspecified atom stereocenters. The second-order valence-corrected chi connectivity index (χ2v) is 6.52. The van der Waals surface area contributed by atoms with Gasteiger partial charge in [0, 0.05) is 29.1 Å². The molecule has 2 aromatic rings. The number of hydrogen-bond donors (Lipinski definition) is 2. The van der Waals surface area contributed by atoms with Gasteiger partial charge in [-0.25, -0.2) is 0 Å². The number of anilines is 1. The number of rotatable bonds is 3. The molecule has 0 radical (unpaired) electrons. The summed E-state index contributed by atoms with van der Waals surface area (Å²) in [5.41, 5.74) is 1.91. The summed E-state index contributed by atoms with van der Waals surface area (Å²) in [6.45, 7) is 7.26. The molecule has 0 saturated carbocycles. The SMILES string of the molecule is CC(C)n1ncc2ccc(NC(=O)[C@H]3CCN[C@@H](C)C3)cc21. The lowest BCUT2D eigenvalue weighted by molar-refractivity contribution is -0.120. The zero-order valence-electron chi connectivity index (χ0n) is 13.5. The molecule has 0 spiro atoms. The smallest absolute Gasteiger partial charge is 0.227 e. The van der Waals surface area contributed by atoms with E-state index in [1.54, 1.807) is 0 Å². The topological polar surface area (TPSA) is 59.0 Å². The number of hydrogen-bond acceptors (Lipinski definition) is 3. The van der Waals surface area contributed by atoms with Crippen molar-refractivity contribution >= 4 is 22.5 Å². The van der Waals surface area contributed by atoms with Crippen LogP contribution in [0.4, 0.5) is 5.69 Å². The number of nitrogens with zero attached hydrogens (tertiary/aromatic N) is 2. The van der Waals surface area contributed by atoms with Crippen molar-refractivity contribution in [1.29, 1.82) is 0 Å². The highest BCUT2D eigenvalue weighted by molar-refractivity contribution is 5.95. The van der Waals surface area contributed by atoms with Crippen molar-refractivity contribution < 1.29 is 4.79 Å². The van der Waals surface area contributed by atoms with Gasteiger partial charge in [-0.15, -0.1) is 0 Å². The van der Waals surface area contributed by atoms with Crippen molar-refractivity contribution in [2.45, 2.75) is 45.7 Å². The Kier molecular flexibility index (Phi) is 4.16. The van der Waals surface area contributed by atoms with Crippen molar-refractivity contribution in [3.63, 3.8) is 0 Å². The zero-order chi connectivity index (χ0) is 15.7. The predicted molar refractivity (Wildman–Crippen MR) is 88.9 cm³/mol. The summed E-state index contributed by atoms with van der Waals surface area (Å²) >= 11 is 0. The summed E-state index contributed by atoms with van der Waals surface area (Å²) in [4.78, 5) is 12.4. The third-order valence-electron chi connectivity index (χ3n) is 4.35. The number of piperidine rings is 1. The van der Waals surface area contributed by atoms with Crippen molar-refractivity contribution in [3.05, 3.63) is 24.4 Å². The molecule has 2 heterocycles. The predicted octanol–water partition coefficient (Wildman–Crippen LogP) is 2.94. The van der Waals surface area contributed by atoms with E-state index in [9.17, 15) is 4.79 Å². The van der Waals surface area contributed by atoms with Crippen LogP contribution < -0.4 is 10.6 Å². The molecule has 22 heavy (non-hydrogen) atoms. The van der Waals surface area contributed by atoms with Crippen LogP contribution in [0.1, 0.15) is 39.7 Å². The van der Waals surface area contributed by atoms with Crippen LogP contribution in [0.2, 0.25) is 0 Å². The van der Waals surface area contributed by atoms with E-state index in [1.807, 2.05) is 29.1 Å². The Morgan fingerprint density at radius 2 is 2.27 bits per heavy atom. The first-order valence-electron chi connectivity index (χ1n) is 8.06. The monoisotopic (exact) mass is 300 g/mol. The summed E-state index contributed by atoms with van der Waals surface area (Å²) in [5.74, 6) is 0.227. The second-order valence-electron chi connectivity index (χ2n) is 6.52. The second kappa shape index (κ2) is 6.08. The molecule has 1 aromatic heterocycles. The van der Waals surface area contributed by atoms with Gasteiger partial charge >= 0.3 is 0 Å². The maximum atomic E-state index is 12.4. The van der Waals surface area contributed by atoms with Gasteiger partial charge in [-0.1, -0.05) is 0 Å². The normalized spacial score (nSPS) is 22.2. The molecule has 1 aromatic carbocycles. The summed E-state index contributed by atoms with van der Waals surface area (Å²) in [6.07, 6.45) is 3.68. The number of amides is 1. The average molecular weight is 300 g/mol. The standard InChI is InChI=1S/C17H24N4O/c1-11(2)21-16-9-15(5-4-14(16)10-19-21)20-17(22)13-6-7-18-12(3)8-13/h4-5,9-13,18H,6-8H2,1-3H3,(H,20,22)/t12-,13-/m0/s1. The minimum absolute atomic E-state index is 0.0990. The first-order valence-corrected chi connectivity index (χ1v) is 8.06. The van der Waals surface area contributed by atoms with Gasteiger partial charge in [-0.2, -0.15) is 5.10 Å². The lowest BCUT2D eigenvalue weighted by Crippen LogP contribution is -2.40. The van der Waals surface area contributed by atoms with Gasteiger partial charge in [-0.05, 0) is 58.4 Å². The molecule has 5 heteroatoms. The molecule has 5 nitrogen and oxygen atoms in total. The lowest BCUT2D eigenvalue weighted by Gasteiger charge is -2.27. The minimum atomic E-state index is 0.0990. The van der Waals surface area contributed by atoms with Gasteiger partial charge in [0.2, 0.25) is 5.91 Å². The fourth-order valence-electron chi connectivity index (χ4n) is 3.14. The molecule has 0 aliphatic carbocycles. The van der Waals surface area contributed by atoms with Gasteiger partial charge < -0.3 is 10.6 Å². The number of aromatic nitrogens is 2. The lowest BCUT2D eigenvalue weighted by atomic mass is 9.92. The van der Waals surface area contributed by atoms with Gasteiger partial charge in [0.1, 0.15) is 0 Å². The van der Waals surface area contributed by atoms with E-state index in [-0.39, 0.29) is 11.8 Å².